The largest absolute Gasteiger partial charge is 0.303 e. The highest BCUT2D eigenvalue weighted by Gasteiger charge is 2.21. The first-order valence-corrected chi connectivity index (χ1v) is 5.03. The molecule has 0 bridgehead atoms. The molecule has 2 nitrogen and oxygen atoms in total. The Morgan fingerprint density at radius 3 is 2.60 bits per heavy atom. The Morgan fingerprint density at radius 2 is 2.13 bits per heavy atom. The zero-order valence-corrected chi connectivity index (χ0v) is 9.73. The van der Waals surface area contributed by atoms with E-state index in [1.165, 1.54) is 6.07 Å². The maximum absolute atomic E-state index is 13.2. The fraction of sp³-hybridized carbons (Fsp3) is 0.455. The van der Waals surface area contributed by atoms with Gasteiger partial charge in [0.2, 0.25) is 0 Å². The Bertz CT molecular complexity index is 385. The number of pyridine rings is 1. The van der Waals surface area contributed by atoms with E-state index < -0.39 is 5.82 Å². The Hall–Kier alpha value is -0.960. The van der Waals surface area contributed by atoms with Crippen molar-refractivity contribution in [3.8, 4) is 0 Å². The highest BCUT2D eigenvalue weighted by atomic mass is 35.5. The quantitative estimate of drug-likeness (QED) is 0.577. The van der Waals surface area contributed by atoms with Crippen LogP contribution in [0.25, 0.3) is 0 Å². The summed E-state index contributed by atoms with van der Waals surface area (Å²) in [6.45, 7) is 5.83. The summed E-state index contributed by atoms with van der Waals surface area (Å²) in [6, 6.07) is 1.28. The van der Waals surface area contributed by atoms with E-state index in [0.717, 1.165) is 6.29 Å². The summed E-state index contributed by atoms with van der Waals surface area (Å²) < 4.78 is 13.2. The van der Waals surface area contributed by atoms with Crippen LogP contribution in [0.15, 0.2) is 6.07 Å². The lowest BCUT2D eigenvalue weighted by atomic mass is 9.87. The van der Waals surface area contributed by atoms with Crippen LogP contribution in [0.1, 0.15) is 32.0 Å². The first kappa shape index (κ1) is 12.1. The van der Waals surface area contributed by atoms with Gasteiger partial charge in [-0.1, -0.05) is 32.4 Å². The van der Waals surface area contributed by atoms with Crippen molar-refractivity contribution in [1.82, 2.24) is 4.98 Å². The molecule has 0 fully saturated rings. The third-order valence-electron chi connectivity index (χ3n) is 2.03. The molecular formula is C11H13ClFNO. The predicted molar refractivity (Wildman–Crippen MR) is 57.7 cm³/mol. The number of hydrogen-bond acceptors (Lipinski definition) is 2. The van der Waals surface area contributed by atoms with Crippen LogP contribution in [0.4, 0.5) is 4.39 Å². The van der Waals surface area contributed by atoms with E-state index in [1.807, 2.05) is 20.8 Å². The minimum atomic E-state index is -0.582. The molecular weight excluding hydrogens is 217 g/mol. The SMILES string of the molecule is CC(C)(C)c1nc(Cl)c(F)cc1CC=O. The third-order valence-corrected chi connectivity index (χ3v) is 2.29. The molecule has 1 rings (SSSR count). The van der Waals surface area contributed by atoms with Crippen LogP contribution in [0.3, 0.4) is 0 Å². The monoisotopic (exact) mass is 229 g/mol. The molecule has 0 radical (unpaired) electrons. The molecule has 0 aromatic carbocycles. The van der Waals surface area contributed by atoms with Crippen molar-refractivity contribution < 1.29 is 9.18 Å². The second-order valence-corrected chi connectivity index (χ2v) is 4.75. The van der Waals surface area contributed by atoms with Crippen molar-refractivity contribution in [2.75, 3.05) is 0 Å². The van der Waals surface area contributed by atoms with Gasteiger partial charge in [0.25, 0.3) is 0 Å². The predicted octanol–water partition coefficient (Wildman–Crippen LogP) is 2.91. The number of hydrogen-bond donors (Lipinski definition) is 0. The van der Waals surface area contributed by atoms with E-state index in [1.54, 1.807) is 0 Å². The van der Waals surface area contributed by atoms with Crippen molar-refractivity contribution >= 4 is 17.9 Å². The van der Waals surface area contributed by atoms with Gasteiger partial charge in [-0.3, -0.25) is 0 Å². The maximum Gasteiger partial charge on any atom is 0.165 e. The van der Waals surface area contributed by atoms with Crippen LogP contribution in [0.2, 0.25) is 5.15 Å². The summed E-state index contributed by atoms with van der Waals surface area (Å²) in [5.41, 5.74) is 1.01. The Morgan fingerprint density at radius 1 is 1.53 bits per heavy atom. The summed E-state index contributed by atoms with van der Waals surface area (Å²) in [5.74, 6) is -0.582. The molecule has 4 heteroatoms. The lowest BCUT2D eigenvalue weighted by Crippen LogP contribution is -2.17. The van der Waals surface area contributed by atoms with Gasteiger partial charge in [0, 0.05) is 11.8 Å². The summed E-state index contributed by atoms with van der Waals surface area (Å²) in [4.78, 5) is 14.5. The van der Waals surface area contributed by atoms with Crippen LogP contribution in [-0.2, 0) is 16.6 Å². The van der Waals surface area contributed by atoms with E-state index in [4.69, 9.17) is 11.6 Å². The average molecular weight is 230 g/mol. The van der Waals surface area contributed by atoms with Gasteiger partial charge in [-0.05, 0) is 11.6 Å². The van der Waals surface area contributed by atoms with Crippen LogP contribution >= 0.6 is 11.6 Å². The van der Waals surface area contributed by atoms with E-state index in [0.29, 0.717) is 11.3 Å². The lowest BCUT2D eigenvalue weighted by molar-refractivity contribution is -0.107. The lowest BCUT2D eigenvalue weighted by Gasteiger charge is -2.21. The normalized spacial score (nSPS) is 11.5. The van der Waals surface area contributed by atoms with Crippen molar-refractivity contribution in [3.05, 3.63) is 28.3 Å². The molecule has 0 amide bonds. The van der Waals surface area contributed by atoms with Crippen LogP contribution in [-0.4, -0.2) is 11.3 Å². The van der Waals surface area contributed by atoms with Gasteiger partial charge in [0.15, 0.2) is 11.0 Å². The maximum atomic E-state index is 13.2. The number of carbonyl (C=O) groups is 1. The third kappa shape index (κ3) is 2.75. The number of carbonyl (C=O) groups excluding carboxylic acids is 1. The van der Waals surface area contributed by atoms with Crippen molar-refractivity contribution in [1.29, 1.82) is 0 Å². The van der Waals surface area contributed by atoms with E-state index in [-0.39, 0.29) is 17.0 Å². The topological polar surface area (TPSA) is 30.0 Å². The van der Waals surface area contributed by atoms with Gasteiger partial charge in [-0.2, -0.15) is 0 Å². The van der Waals surface area contributed by atoms with Crippen LogP contribution in [0.5, 0.6) is 0 Å². The molecule has 0 saturated carbocycles. The second kappa shape index (κ2) is 4.27. The Kier molecular flexibility index (Phi) is 3.45. The molecule has 1 aromatic heterocycles. The summed E-state index contributed by atoms with van der Waals surface area (Å²) in [6.07, 6.45) is 0.896. The van der Waals surface area contributed by atoms with Crippen molar-refractivity contribution in [3.63, 3.8) is 0 Å². The smallest absolute Gasteiger partial charge is 0.165 e. The molecule has 15 heavy (non-hydrogen) atoms. The fourth-order valence-electron chi connectivity index (χ4n) is 1.40. The summed E-state index contributed by atoms with van der Waals surface area (Å²) >= 11 is 5.62. The number of aromatic nitrogens is 1. The van der Waals surface area contributed by atoms with Gasteiger partial charge in [-0.15, -0.1) is 0 Å². The highest BCUT2D eigenvalue weighted by Crippen LogP contribution is 2.27. The zero-order chi connectivity index (χ0) is 11.6. The van der Waals surface area contributed by atoms with Crippen LogP contribution < -0.4 is 0 Å². The molecule has 1 heterocycles. The van der Waals surface area contributed by atoms with Crippen molar-refractivity contribution in [2.24, 2.45) is 0 Å². The summed E-state index contributed by atoms with van der Waals surface area (Å²) in [5, 5.41) is -0.144. The minimum absolute atomic E-state index is 0.144. The molecule has 0 unspecified atom stereocenters. The van der Waals surface area contributed by atoms with Crippen molar-refractivity contribution in [2.45, 2.75) is 32.6 Å². The first-order chi connectivity index (χ1) is 6.86. The number of rotatable bonds is 2. The second-order valence-electron chi connectivity index (χ2n) is 4.39. The molecule has 0 aliphatic rings. The summed E-state index contributed by atoms with van der Waals surface area (Å²) in [7, 11) is 0. The van der Waals surface area contributed by atoms with E-state index in [2.05, 4.69) is 4.98 Å². The van der Waals surface area contributed by atoms with Gasteiger partial charge in [0.05, 0.1) is 5.69 Å². The average Bonchev–Trinajstić information content (AvgIpc) is 2.09. The van der Waals surface area contributed by atoms with Gasteiger partial charge in [0.1, 0.15) is 6.29 Å². The fourth-order valence-corrected chi connectivity index (χ4v) is 1.54. The molecule has 0 aliphatic heterocycles. The molecule has 1 aromatic rings. The molecule has 0 atom stereocenters. The minimum Gasteiger partial charge on any atom is -0.303 e. The molecule has 0 spiro atoms. The number of aldehydes is 1. The van der Waals surface area contributed by atoms with E-state index in [9.17, 15) is 9.18 Å². The molecule has 0 saturated heterocycles. The number of nitrogens with zero attached hydrogens (tertiary/aromatic N) is 1. The molecule has 0 aliphatic carbocycles. The van der Waals surface area contributed by atoms with Gasteiger partial charge >= 0.3 is 0 Å². The molecule has 82 valence electrons. The standard InChI is InChI=1S/C11H13ClFNO/c1-11(2,3)9-7(4-5-15)6-8(13)10(12)14-9/h5-6H,4H2,1-3H3. The first-order valence-electron chi connectivity index (χ1n) is 4.65. The Labute approximate surface area is 93.5 Å². The van der Waals surface area contributed by atoms with E-state index >= 15 is 0 Å². The van der Waals surface area contributed by atoms with Crippen LogP contribution in [0, 0.1) is 5.82 Å². The highest BCUT2D eigenvalue weighted by molar-refractivity contribution is 6.29. The Balaban J connectivity index is 3.34. The zero-order valence-electron chi connectivity index (χ0n) is 8.97. The number of halogens is 2. The van der Waals surface area contributed by atoms with Gasteiger partial charge < -0.3 is 4.79 Å². The molecule has 0 N–H and O–H groups in total. The van der Waals surface area contributed by atoms with Gasteiger partial charge in [-0.25, -0.2) is 9.37 Å².